The van der Waals surface area contributed by atoms with E-state index in [1.54, 1.807) is 11.0 Å². The SMILES string of the molecule is C[C@@H]1CCC[C@H](C)N1C(=O)c1cnn2c(C(F)(F)F)cc(-c3ccco3)nc12. The van der Waals surface area contributed by atoms with Crippen LogP contribution in [0.15, 0.2) is 35.1 Å². The highest BCUT2D eigenvalue weighted by Gasteiger charge is 2.37. The Morgan fingerprint density at radius 2 is 1.96 bits per heavy atom. The van der Waals surface area contributed by atoms with E-state index in [0.717, 1.165) is 25.3 Å². The highest BCUT2D eigenvalue weighted by molar-refractivity contribution is 6.00. The summed E-state index contributed by atoms with van der Waals surface area (Å²) in [6.45, 7) is 3.89. The number of piperidine rings is 1. The molecule has 0 N–H and O–H groups in total. The van der Waals surface area contributed by atoms with Crippen molar-refractivity contribution in [2.24, 2.45) is 0 Å². The summed E-state index contributed by atoms with van der Waals surface area (Å²) in [5.41, 5.74) is -1.09. The number of aromatic nitrogens is 3. The van der Waals surface area contributed by atoms with E-state index >= 15 is 0 Å². The molecule has 0 aromatic carbocycles. The molecule has 4 heterocycles. The van der Waals surface area contributed by atoms with Crippen LogP contribution in [0, 0.1) is 0 Å². The normalized spacial score (nSPS) is 20.7. The molecule has 9 heteroatoms. The van der Waals surface area contributed by atoms with Crippen molar-refractivity contribution in [2.45, 2.75) is 51.4 Å². The fraction of sp³-hybridized carbons (Fsp3) is 0.421. The third-order valence-electron chi connectivity index (χ3n) is 5.19. The summed E-state index contributed by atoms with van der Waals surface area (Å²) >= 11 is 0. The Labute approximate surface area is 159 Å². The average Bonchev–Trinajstić information content (AvgIpc) is 3.29. The molecule has 0 radical (unpaired) electrons. The average molecular weight is 392 g/mol. The van der Waals surface area contributed by atoms with Crippen LogP contribution in [0.5, 0.6) is 0 Å². The van der Waals surface area contributed by atoms with Gasteiger partial charge in [-0.05, 0) is 51.3 Å². The van der Waals surface area contributed by atoms with Crippen molar-refractivity contribution in [3.05, 3.63) is 41.9 Å². The van der Waals surface area contributed by atoms with Crippen LogP contribution in [0.25, 0.3) is 17.1 Å². The van der Waals surface area contributed by atoms with Gasteiger partial charge in [-0.25, -0.2) is 9.50 Å². The van der Waals surface area contributed by atoms with Crippen molar-refractivity contribution in [3.63, 3.8) is 0 Å². The van der Waals surface area contributed by atoms with Crippen molar-refractivity contribution in [2.75, 3.05) is 0 Å². The van der Waals surface area contributed by atoms with E-state index in [4.69, 9.17) is 4.42 Å². The Morgan fingerprint density at radius 1 is 1.25 bits per heavy atom. The van der Waals surface area contributed by atoms with Gasteiger partial charge in [-0.3, -0.25) is 4.79 Å². The molecule has 4 rings (SSSR count). The van der Waals surface area contributed by atoms with E-state index < -0.39 is 11.9 Å². The summed E-state index contributed by atoms with van der Waals surface area (Å²) in [4.78, 5) is 19.2. The zero-order valence-corrected chi connectivity index (χ0v) is 15.4. The van der Waals surface area contributed by atoms with Crippen molar-refractivity contribution >= 4 is 11.6 Å². The fourth-order valence-corrected chi connectivity index (χ4v) is 3.83. The van der Waals surface area contributed by atoms with Gasteiger partial charge in [0.1, 0.15) is 11.3 Å². The summed E-state index contributed by atoms with van der Waals surface area (Å²) in [7, 11) is 0. The standard InChI is InChI=1S/C19H19F3N4O2/c1-11-5-3-6-12(2)25(11)18(27)13-10-23-26-16(19(20,21)22)9-14(24-17(13)26)15-7-4-8-28-15/h4,7-12H,3,5-6H2,1-2H3/t11-,12+. The summed E-state index contributed by atoms with van der Waals surface area (Å²) in [5, 5.41) is 3.83. The number of likely N-dealkylation sites (tertiary alicyclic amines) is 1. The molecule has 2 atom stereocenters. The van der Waals surface area contributed by atoms with Crippen LogP contribution in [0.1, 0.15) is 49.2 Å². The summed E-state index contributed by atoms with van der Waals surface area (Å²) in [6.07, 6.45) is 0.580. The Bertz CT molecular complexity index is 1000. The molecule has 0 unspecified atom stereocenters. The van der Waals surface area contributed by atoms with Crippen molar-refractivity contribution < 1.29 is 22.4 Å². The van der Waals surface area contributed by atoms with E-state index in [1.165, 1.54) is 18.5 Å². The molecule has 0 bridgehead atoms. The number of rotatable bonds is 2. The molecule has 3 aromatic rings. The first kappa shape index (κ1) is 18.5. The number of hydrogen-bond acceptors (Lipinski definition) is 4. The molecular formula is C19H19F3N4O2. The lowest BCUT2D eigenvalue weighted by atomic mass is 9.97. The molecule has 1 saturated heterocycles. The number of furan rings is 1. The zero-order valence-electron chi connectivity index (χ0n) is 15.4. The lowest BCUT2D eigenvalue weighted by Crippen LogP contribution is -2.47. The lowest BCUT2D eigenvalue weighted by Gasteiger charge is -2.38. The quantitative estimate of drug-likeness (QED) is 0.648. The minimum absolute atomic E-state index is 0.000818. The maximum absolute atomic E-state index is 13.6. The molecule has 148 valence electrons. The van der Waals surface area contributed by atoms with Gasteiger partial charge in [0, 0.05) is 12.1 Å². The Hall–Kier alpha value is -2.84. The van der Waals surface area contributed by atoms with Gasteiger partial charge >= 0.3 is 6.18 Å². The van der Waals surface area contributed by atoms with Crippen LogP contribution in [0.2, 0.25) is 0 Å². The third-order valence-corrected chi connectivity index (χ3v) is 5.19. The first-order chi connectivity index (χ1) is 13.3. The largest absolute Gasteiger partial charge is 0.463 e. The van der Waals surface area contributed by atoms with Crippen LogP contribution < -0.4 is 0 Å². The number of alkyl halides is 3. The molecule has 1 aliphatic rings. The Balaban J connectivity index is 1.88. The second-order valence-corrected chi connectivity index (χ2v) is 7.14. The summed E-state index contributed by atoms with van der Waals surface area (Å²) < 4.78 is 46.7. The van der Waals surface area contributed by atoms with Crippen LogP contribution in [0.3, 0.4) is 0 Å². The molecule has 1 aliphatic heterocycles. The zero-order chi connectivity index (χ0) is 20.1. The van der Waals surface area contributed by atoms with Crippen LogP contribution in [-0.4, -0.2) is 37.5 Å². The Kier molecular flexibility index (Phi) is 4.40. The number of hydrogen-bond donors (Lipinski definition) is 0. The topological polar surface area (TPSA) is 63.6 Å². The van der Waals surface area contributed by atoms with Gasteiger partial charge in [0.05, 0.1) is 12.5 Å². The molecular weight excluding hydrogens is 373 g/mol. The predicted molar refractivity (Wildman–Crippen MR) is 94.6 cm³/mol. The van der Waals surface area contributed by atoms with E-state index in [9.17, 15) is 18.0 Å². The van der Waals surface area contributed by atoms with Crippen molar-refractivity contribution in [1.29, 1.82) is 0 Å². The van der Waals surface area contributed by atoms with E-state index in [0.29, 0.717) is 4.52 Å². The summed E-state index contributed by atoms with van der Waals surface area (Å²) in [5.74, 6) is -0.167. The second-order valence-electron chi connectivity index (χ2n) is 7.14. The highest BCUT2D eigenvalue weighted by atomic mass is 19.4. The maximum Gasteiger partial charge on any atom is 0.433 e. The number of carbonyl (C=O) groups is 1. The van der Waals surface area contributed by atoms with Crippen molar-refractivity contribution in [3.8, 4) is 11.5 Å². The van der Waals surface area contributed by atoms with Crippen LogP contribution in [-0.2, 0) is 6.18 Å². The van der Waals surface area contributed by atoms with Gasteiger partial charge in [0.15, 0.2) is 17.1 Å². The van der Waals surface area contributed by atoms with Crippen LogP contribution >= 0.6 is 0 Å². The minimum atomic E-state index is -4.67. The smallest absolute Gasteiger partial charge is 0.433 e. The first-order valence-electron chi connectivity index (χ1n) is 9.10. The van der Waals surface area contributed by atoms with E-state index in [1.807, 2.05) is 13.8 Å². The molecule has 0 spiro atoms. The Morgan fingerprint density at radius 3 is 2.57 bits per heavy atom. The van der Waals surface area contributed by atoms with Gasteiger partial charge in [-0.15, -0.1) is 0 Å². The first-order valence-corrected chi connectivity index (χ1v) is 9.10. The number of carbonyl (C=O) groups excluding carboxylic acids is 1. The van der Waals surface area contributed by atoms with Gasteiger partial charge in [0.2, 0.25) is 0 Å². The van der Waals surface area contributed by atoms with E-state index in [2.05, 4.69) is 10.1 Å². The molecule has 0 aliphatic carbocycles. The van der Waals surface area contributed by atoms with Gasteiger partial charge in [0.25, 0.3) is 5.91 Å². The maximum atomic E-state index is 13.6. The lowest BCUT2D eigenvalue weighted by molar-refractivity contribution is -0.142. The summed E-state index contributed by atoms with van der Waals surface area (Å²) in [6, 6.07) is 3.96. The van der Waals surface area contributed by atoms with Crippen molar-refractivity contribution in [1.82, 2.24) is 19.5 Å². The van der Waals surface area contributed by atoms with Gasteiger partial charge < -0.3 is 9.32 Å². The number of halogens is 3. The minimum Gasteiger partial charge on any atom is -0.463 e. The van der Waals surface area contributed by atoms with E-state index in [-0.39, 0.29) is 40.7 Å². The van der Waals surface area contributed by atoms with Gasteiger partial charge in [-0.2, -0.15) is 18.3 Å². The second kappa shape index (κ2) is 6.65. The molecule has 28 heavy (non-hydrogen) atoms. The van der Waals surface area contributed by atoms with Gasteiger partial charge in [-0.1, -0.05) is 0 Å². The highest BCUT2D eigenvalue weighted by Crippen LogP contribution is 2.33. The molecule has 6 nitrogen and oxygen atoms in total. The number of amides is 1. The molecule has 1 fully saturated rings. The monoisotopic (exact) mass is 392 g/mol. The number of nitrogens with zero attached hydrogens (tertiary/aromatic N) is 4. The molecule has 3 aromatic heterocycles. The fourth-order valence-electron chi connectivity index (χ4n) is 3.83. The third kappa shape index (κ3) is 3.04. The molecule has 0 saturated carbocycles. The van der Waals surface area contributed by atoms with Crippen LogP contribution in [0.4, 0.5) is 13.2 Å². The molecule has 1 amide bonds. The number of fused-ring (bicyclic) bond motifs is 1. The predicted octanol–water partition coefficient (Wildman–Crippen LogP) is 4.41.